The lowest BCUT2D eigenvalue weighted by Gasteiger charge is -2.25. The van der Waals surface area contributed by atoms with Gasteiger partial charge < -0.3 is 15.2 Å². The Labute approximate surface area is 105 Å². The van der Waals surface area contributed by atoms with Crippen molar-refractivity contribution in [1.82, 2.24) is 0 Å². The van der Waals surface area contributed by atoms with E-state index in [1.54, 1.807) is 6.07 Å². The summed E-state index contributed by atoms with van der Waals surface area (Å²) in [6, 6.07) is 5.15. The number of aliphatic carboxylic acids is 1. The van der Waals surface area contributed by atoms with Gasteiger partial charge in [0.05, 0.1) is 13.5 Å². The van der Waals surface area contributed by atoms with E-state index in [1.807, 2.05) is 12.1 Å². The van der Waals surface area contributed by atoms with Gasteiger partial charge in [-0.1, -0.05) is 12.1 Å². The molecular weight excluding hydrogens is 234 g/mol. The van der Waals surface area contributed by atoms with Crippen LogP contribution in [0.5, 0.6) is 0 Å². The number of carbonyl (C=O) groups is 2. The maximum absolute atomic E-state index is 11.4. The number of aryl methyl sites for hydroxylation is 1. The lowest BCUT2D eigenvalue weighted by Crippen LogP contribution is -2.34. The summed E-state index contributed by atoms with van der Waals surface area (Å²) in [5.41, 5.74) is 2.71. The van der Waals surface area contributed by atoms with Gasteiger partial charge in [-0.15, -0.1) is 0 Å². The van der Waals surface area contributed by atoms with E-state index in [1.165, 1.54) is 7.11 Å². The molecular formula is C13H15NO4. The average Bonchev–Trinajstić information content (AvgIpc) is 2.36. The van der Waals surface area contributed by atoms with Crippen LogP contribution in [0.15, 0.2) is 18.2 Å². The number of methoxy groups -OCH3 is 1. The van der Waals surface area contributed by atoms with E-state index in [9.17, 15) is 9.59 Å². The molecule has 1 aromatic carbocycles. The van der Waals surface area contributed by atoms with Crippen molar-refractivity contribution >= 4 is 17.6 Å². The summed E-state index contributed by atoms with van der Waals surface area (Å²) < 4.78 is 4.70. The van der Waals surface area contributed by atoms with Crippen molar-refractivity contribution in [3.05, 3.63) is 29.3 Å². The van der Waals surface area contributed by atoms with Gasteiger partial charge in [-0.25, -0.2) is 4.79 Å². The van der Waals surface area contributed by atoms with E-state index in [-0.39, 0.29) is 18.4 Å². The minimum absolute atomic E-state index is 0.0215. The number of hydrogen-bond donors (Lipinski definition) is 2. The van der Waals surface area contributed by atoms with Crippen molar-refractivity contribution in [3.8, 4) is 0 Å². The zero-order valence-corrected chi connectivity index (χ0v) is 10.1. The molecule has 5 nitrogen and oxygen atoms in total. The molecule has 1 atom stereocenters. The van der Waals surface area contributed by atoms with Crippen LogP contribution in [0.3, 0.4) is 0 Å². The SMILES string of the molecule is COC(=O)C1CCc2cc(CC(=O)O)ccc2N1. The van der Waals surface area contributed by atoms with Crippen LogP contribution < -0.4 is 5.32 Å². The molecule has 1 aliphatic rings. The molecule has 2 N–H and O–H groups in total. The molecule has 1 aromatic rings. The van der Waals surface area contributed by atoms with Crippen molar-refractivity contribution in [1.29, 1.82) is 0 Å². The number of benzene rings is 1. The normalized spacial score (nSPS) is 17.5. The van der Waals surface area contributed by atoms with Gasteiger partial charge in [0.1, 0.15) is 6.04 Å². The van der Waals surface area contributed by atoms with Gasteiger partial charge in [0, 0.05) is 5.69 Å². The lowest BCUT2D eigenvalue weighted by molar-refractivity contribution is -0.141. The van der Waals surface area contributed by atoms with Crippen LogP contribution in [0.4, 0.5) is 5.69 Å². The van der Waals surface area contributed by atoms with E-state index in [4.69, 9.17) is 9.84 Å². The molecule has 1 unspecified atom stereocenters. The summed E-state index contributed by atoms with van der Waals surface area (Å²) in [5.74, 6) is -1.11. The number of esters is 1. The Balaban J connectivity index is 2.15. The molecule has 0 amide bonds. The van der Waals surface area contributed by atoms with Crippen LogP contribution in [0, 0.1) is 0 Å². The summed E-state index contributed by atoms with van der Waals surface area (Å²) >= 11 is 0. The summed E-state index contributed by atoms with van der Waals surface area (Å²) in [6.07, 6.45) is 1.43. The molecule has 0 saturated heterocycles. The second-order valence-corrected chi connectivity index (χ2v) is 4.32. The Morgan fingerprint density at radius 2 is 2.28 bits per heavy atom. The highest BCUT2D eigenvalue weighted by atomic mass is 16.5. The monoisotopic (exact) mass is 249 g/mol. The van der Waals surface area contributed by atoms with Crippen molar-refractivity contribution in [2.24, 2.45) is 0 Å². The number of anilines is 1. The number of hydrogen-bond acceptors (Lipinski definition) is 4. The van der Waals surface area contributed by atoms with Crippen LogP contribution in [0.25, 0.3) is 0 Å². The van der Waals surface area contributed by atoms with Gasteiger partial charge in [-0.3, -0.25) is 4.79 Å². The Morgan fingerprint density at radius 1 is 1.50 bits per heavy atom. The number of carboxylic acid groups (broad SMARTS) is 1. The molecule has 0 aromatic heterocycles. The number of rotatable bonds is 3. The van der Waals surface area contributed by atoms with Crippen molar-refractivity contribution in [3.63, 3.8) is 0 Å². The molecule has 0 aliphatic carbocycles. The van der Waals surface area contributed by atoms with Gasteiger partial charge in [0.15, 0.2) is 0 Å². The first kappa shape index (κ1) is 12.4. The van der Waals surface area contributed by atoms with Crippen LogP contribution in [0.2, 0.25) is 0 Å². The first-order valence-corrected chi connectivity index (χ1v) is 5.78. The molecule has 0 spiro atoms. The minimum Gasteiger partial charge on any atom is -0.481 e. The van der Waals surface area contributed by atoms with Gasteiger partial charge in [0.2, 0.25) is 0 Å². The first-order chi connectivity index (χ1) is 8.60. The predicted molar refractivity (Wildman–Crippen MR) is 65.5 cm³/mol. The Hall–Kier alpha value is -2.04. The fourth-order valence-electron chi connectivity index (χ4n) is 2.16. The first-order valence-electron chi connectivity index (χ1n) is 5.78. The Kier molecular flexibility index (Phi) is 3.50. The van der Waals surface area contributed by atoms with Gasteiger partial charge in [-0.05, 0) is 30.0 Å². The summed E-state index contributed by atoms with van der Waals surface area (Å²) in [4.78, 5) is 22.1. The number of ether oxygens (including phenoxy) is 1. The van der Waals surface area contributed by atoms with Gasteiger partial charge in [0.25, 0.3) is 0 Å². The third-order valence-corrected chi connectivity index (χ3v) is 3.04. The van der Waals surface area contributed by atoms with E-state index in [0.717, 1.165) is 23.2 Å². The Bertz CT molecular complexity index is 484. The molecule has 18 heavy (non-hydrogen) atoms. The molecule has 5 heteroatoms. The van der Waals surface area contributed by atoms with Crippen molar-refractivity contribution in [2.45, 2.75) is 25.3 Å². The summed E-state index contributed by atoms with van der Waals surface area (Å²) in [5, 5.41) is 11.8. The zero-order chi connectivity index (χ0) is 13.1. The number of nitrogens with one attached hydrogen (secondary N) is 1. The van der Waals surface area contributed by atoms with E-state index < -0.39 is 5.97 Å². The average molecular weight is 249 g/mol. The van der Waals surface area contributed by atoms with Gasteiger partial charge in [-0.2, -0.15) is 0 Å². The van der Waals surface area contributed by atoms with E-state index in [0.29, 0.717) is 6.42 Å². The molecule has 0 radical (unpaired) electrons. The van der Waals surface area contributed by atoms with Crippen molar-refractivity contribution in [2.75, 3.05) is 12.4 Å². The summed E-state index contributed by atoms with van der Waals surface area (Å²) in [7, 11) is 1.37. The molecule has 0 saturated carbocycles. The standard InChI is InChI=1S/C13H15NO4/c1-18-13(17)11-5-3-9-6-8(7-12(15)16)2-4-10(9)14-11/h2,4,6,11,14H,3,5,7H2,1H3,(H,15,16). The highest BCUT2D eigenvalue weighted by Gasteiger charge is 2.24. The van der Waals surface area contributed by atoms with Crippen LogP contribution in [-0.4, -0.2) is 30.2 Å². The molecule has 0 fully saturated rings. The molecule has 1 heterocycles. The van der Waals surface area contributed by atoms with Crippen LogP contribution in [0.1, 0.15) is 17.5 Å². The Morgan fingerprint density at radius 3 is 2.94 bits per heavy atom. The number of carbonyl (C=O) groups excluding carboxylic acids is 1. The fourth-order valence-corrected chi connectivity index (χ4v) is 2.16. The maximum Gasteiger partial charge on any atom is 0.328 e. The number of carboxylic acids is 1. The lowest BCUT2D eigenvalue weighted by atomic mass is 9.95. The van der Waals surface area contributed by atoms with Crippen LogP contribution >= 0.6 is 0 Å². The predicted octanol–water partition coefficient (Wildman–Crippen LogP) is 1.21. The minimum atomic E-state index is -0.842. The largest absolute Gasteiger partial charge is 0.481 e. The molecule has 0 bridgehead atoms. The smallest absolute Gasteiger partial charge is 0.328 e. The van der Waals surface area contributed by atoms with E-state index >= 15 is 0 Å². The third-order valence-electron chi connectivity index (χ3n) is 3.04. The molecule has 1 aliphatic heterocycles. The zero-order valence-electron chi connectivity index (χ0n) is 10.1. The maximum atomic E-state index is 11.4. The van der Waals surface area contributed by atoms with Crippen molar-refractivity contribution < 1.29 is 19.4 Å². The number of fused-ring (bicyclic) bond motifs is 1. The second kappa shape index (κ2) is 5.08. The highest BCUT2D eigenvalue weighted by molar-refractivity contribution is 5.80. The molecule has 96 valence electrons. The van der Waals surface area contributed by atoms with Crippen LogP contribution in [-0.2, 0) is 27.2 Å². The quantitative estimate of drug-likeness (QED) is 0.787. The third kappa shape index (κ3) is 2.61. The second-order valence-electron chi connectivity index (χ2n) is 4.32. The molecule has 2 rings (SSSR count). The van der Waals surface area contributed by atoms with E-state index in [2.05, 4.69) is 5.32 Å². The highest BCUT2D eigenvalue weighted by Crippen LogP contribution is 2.26. The topological polar surface area (TPSA) is 75.6 Å². The summed E-state index contributed by atoms with van der Waals surface area (Å²) in [6.45, 7) is 0. The van der Waals surface area contributed by atoms with Gasteiger partial charge >= 0.3 is 11.9 Å². The fraction of sp³-hybridized carbons (Fsp3) is 0.385.